The van der Waals surface area contributed by atoms with Gasteiger partial charge in [0.05, 0.1) is 18.1 Å². The first-order valence-corrected chi connectivity index (χ1v) is 9.29. The Morgan fingerprint density at radius 3 is 2.25 bits per heavy atom. The zero-order chi connectivity index (χ0) is 18.0. The van der Waals surface area contributed by atoms with Crippen LogP contribution in [0.2, 0.25) is 0 Å². The fourth-order valence-corrected chi connectivity index (χ4v) is 2.84. The maximum absolute atomic E-state index is 11.9. The molecule has 0 bridgehead atoms. The van der Waals surface area contributed by atoms with E-state index >= 15 is 0 Å². The summed E-state index contributed by atoms with van der Waals surface area (Å²) in [5.41, 5.74) is 6.76. The van der Waals surface area contributed by atoms with Gasteiger partial charge >= 0.3 is 5.97 Å². The van der Waals surface area contributed by atoms with Gasteiger partial charge in [-0.3, -0.25) is 4.18 Å². The van der Waals surface area contributed by atoms with Crippen molar-refractivity contribution < 1.29 is 22.1 Å². The number of hydrogen-bond donors (Lipinski definition) is 1. The standard InChI is InChI=1S/C17H25NO5S/c1-14-7-9-16(10-8-14)24(20,21)23-12-6-4-3-5-11-22-17(19)13-15(2)18/h7-10,13H,3-6,11-12,18H2,1-2H3/b15-13-. The topological polar surface area (TPSA) is 95.7 Å². The summed E-state index contributed by atoms with van der Waals surface area (Å²) < 4.78 is 33.9. The van der Waals surface area contributed by atoms with E-state index in [1.807, 2.05) is 6.92 Å². The third-order valence-corrected chi connectivity index (χ3v) is 4.50. The van der Waals surface area contributed by atoms with Crippen LogP contribution >= 0.6 is 0 Å². The van der Waals surface area contributed by atoms with E-state index in [0.29, 0.717) is 25.1 Å². The molecule has 0 atom stereocenters. The van der Waals surface area contributed by atoms with E-state index in [1.54, 1.807) is 19.1 Å². The Labute approximate surface area is 143 Å². The van der Waals surface area contributed by atoms with Crippen LogP contribution in [0.15, 0.2) is 40.9 Å². The number of ether oxygens (including phenoxy) is 1. The lowest BCUT2D eigenvalue weighted by atomic mass is 10.2. The monoisotopic (exact) mass is 355 g/mol. The summed E-state index contributed by atoms with van der Waals surface area (Å²) in [6.45, 7) is 3.98. The number of unbranched alkanes of at least 4 members (excludes halogenated alkanes) is 3. The first kappa shape index (κ1) is 20.2. The molecule has 24 heavy (non-hydrogen) atoms. The van der Waals surface area contributed by atoms with Gasteiger partial charge in [-0.2, -0.15) is 8.42 Å². The zero-order valence-electron chi connectivity index (χ0n) is 14.2. The second-order valence-corrected chi connectivity index (χ2v) is 7.17. The van der Waals surface area contributed by atoms with E-state index in [0.717, 1.165) is 18.4 Å². The number of esters is 1. The van der Waals surface area contributed by atoms with Crippen LogP contribution in [0.3, 0.4) is 0 Å². The molecule has 1 aromatic carbocycles. The van der Waals surface area contributed by atoms with Crippen LogP contribution in [-0.2, 0) is 23.8 Å². The van der Waals surface area contributed by atoms with Crippen molar-refractivity contribution in [3.05, 3.63) is 41.6 Å². The van der Waals surface area contributed by atoms with Gasteiger partial charge in [0, 0.05) is 11.8 Å². The van der Waals surface area contributed by atoms with Crippen LogP contribution in [0.25, 0.3) is 0 Å². The number of carbonyl (C=O) groups excluding carboxylic acids is 1. The molecule has 2 N–H and O–H groups in total. The number of carbonyl (C=O) groups is 1. The number of benzene rings is 1. The molecule has 1 rings (SSSR count). The molecule has 0 unspecified atom stereocenters. The van der Waals surface area contributed by atoms with Crippen molar-refractivity contribution in [1.82, 2.24) is 0 Å². The number of allylic oxidation sites excluding steroid dienone is 1. The molecule has 0 amide bonds. The quantitative estimate of drug-likeness (QED) is 0.300. The minimum absolute atomic E-state index is 0.144. The second-order valence-electron chi connectivity index (χ2n) is 5.56. The molecule has 6 nitrogen and oxygen atoms in total. The lowest BCUT2D eigenvalue weighted by Crippen LogP contribution is -2.08. The third kappa shape index (κ3) is 8.12. The van der Waals surface area contributed by atoms with E-state index in [-0.39, 0.29) is 11.5 Å². The normalized spacial score (nSPS) is 12.2. The Kier molecular flexibility index (Phi) is 8.49. The average molecular weight is 355 g/mol. The molecule has 0 aliphatic carbocycles. The van der Waals surface area contributed by atoms with Gasteiger partial charge in [0.2, 0.25) is 0 Å². The molecule has 0 fully saturated rings. The molecule has 0 aliphatic heterocycles. The predicted octanol–water partition coefficient (Wildman–Crippen LogP) is 2.67. The van der Waals surface area contributed by atoms with Crippen molar-refractivity contribution in [2.45, 2.75) is 44.4 Å². The molecule has 0 saturated carbocycles. The van der Waals surface area contributed by atoms with Gasteiger partial charge in [-0.25, -0.2) is 4.79 Å². The number of hydrogen-bond acceptors (Lipinski definition) is 6. The van der Waals surface area contributed by atoms with E-state index in [4.69, 9.17) is 14.7 Å². The molecule has 0 radical (unpaired) electrons. The zero-order valence-corrected chi connectivity index (χ0v) is 15.0. The maximum Gasteiger partial charge on any atom is 0.332 e. The van der Waals surface area contributed by atoms with E-state index < -0.39 is 16.1 Å². The summed E-state index contributed by atoms with van der Waals surface area (Å²) in [7, 11) is -3.68. The van der Waals surface area contributed by atoms with Crippen molar-refractivity contribution in [3.8, 4) is 0 Å². The molecule has 7 heteroatoms. The molecular weight excluding hydrogens is 330 g/mol. The molecule has 1 aromatic rings. The van der Waals surface area contributed by atoms with Crippen molar-refractivity contribution in [1.29, 1.82) is 0 Å². The van der Waals surface area contributed by atoms with Crippen molar-refractivity contribution >= 4 is 16.1 Å². The molecule has 0 heterocycles. The summed E-state index contributed by atoms with van der Waals surface area (Å²) in [5.74, 6) is -0.442. The Hall–Kier alpha value is -1.86. The summed E-state index contributed by atoms with van der Waals surface area (Å²) in [5, 5.41) is 0. The highest BCUT2D eigenvalue weighted by Crippen LogP contribution is 2.14. The van der Waals surface area contributed by atoms with Crippen LogP contribution in [-0.4, -0.2) is 27.6 Å². The van der Waals surface area contributed by atoms with Gasteiger partial charge in [0.15, 0.2) is 0 Å². The molecule has 134 valence electrons. The smallest absolute Gasteiger partial charge is 0.332 e. The first-order chi connectivity index (χ1) is 11.3. The number of nitrogens with two attached hydrogens (primary N) is 1. The Morgan fingerprint density at radius 2 is 1.67 bits per heavy atom. The van der Waals surface area contributed by atoms with Crippen LogP contribution in [0.5, 0.6) is 0 Å². The largest absolute Gasteiger partial charge is 0.462 e. The SMILES string of the molecule is C/C(N)=C/C(=O)OCCCCCCOS(=O)(=O)c1ccc(C)cc1. The lowest BCUT2D eigenvalue weighted by molar-refractivity contribution is -0.137. The minimum Gasteiger partial charge on any atom is -0.462 e. The fourth-order valence-electron chi connectivity index (χ4n) is 1.90. The van der Waals surface area contributed by atoms with Gasteiger partial charge in [0.25, 0.3) is 10.1 Å². The summed E-state index contributed by atoms with van der Waals surface area (Å²) in [6, 6.07) is 6.55. The van der Waals surface area contributed by atoms with Gasteiger partial charge in [0.1, 0.15) is 0 Å². The van der Waals surface area contributed by atoms with Crippen molar-refractivity contribution in [2.75, 3.05) is 13.2 Å². The first-order valence-electron chi connectivity index (χ1n) is 7.88. The van der Waals surface area contributed by atoms with Crippen LogP contribution < -0.4 is 5.73 Å². The summed E-state index contributed by atoms with van der Waals surface area (Å²) in [6.07, 6.45) is 4.21. The highest BCUT2D eigenvalue weighted by Gasteiger charge is 2.14. The van der Waals surface area contributed by atoms with E-state index in [9.17, 15) is 13.2 Å². The van der Waals surface area contributed by atoms with E-state index in [1.165, 1.54) is 18.2 Å². The van der Waals surface area contributed by atoms with E-state index in [2.05, 4.69) is 0 Å². The summed E-state index contributed by atoms with van der Waals surface area (Å²) in [4.78, 5) is 11.4. The highest BCUT2D eigenvalue weighted by molar-refractivity contribution is 7.86. The number of aryl methyl sites for hydroxylation is 1. The molecule has 0 spiro atoms. The molecule has 0 aromatic heterocycles. The maximum atomic E-state index is 11.9. The molecule has 0 saturated heterocycles. The Bertz CT molecular complexity index is 646. The minimum atomic E-state index is -3.68. The second kappa shape index (κ2) is 10.1. The van der Waals surface area contributed by atoms with Gasteiger partial charge in [-0.15, -0.1) is 0 Å². The third-order valence-electron chi connectivity index (χ3n) is 3.18. The lowest BCUT2D eigenvalue weighted by Gasteiger charge is -2.06. The predicted molar refractivity (Wildman–Crippen MR) is 91.7 cm³/mol. The Morgan fingerprint density at radius 1 is 1.08 bits per heavy atom. The summed E-state index contributed by atoms with van der Waals surface area (Å²) >= 11 is 0. The number of rotatable bonds is 10. The van der Waals surface area contributed by atoms with Crippen LogP contribution in [0.4, 0.5) is 0 Å². The van der Waals surface area contributed by atoms with Gasteiger partial charge in [-0.05, 0) is 45.2 Å². The Balaban J connectivity index is 2.15. The van der Waals surface area contributed by atoms with Crippen molar-refractivity contribution in [2.24, 2.45) is 5.73 Å². The van der Waals surface area contributed by atoms with Gasteiger partial charge in [-0.1, -0.05) is 24.1 Å². The van der Waals surface area contributed by atoms with Crippen LogP contribution in [0, 0.1) is 6.92 Å². The van der Waals surface area contributed by atoms with Gasteiger partial charge < -0.3 is 10.5 Å². The van der Waals surface area contributed by atoms with Crippen molar-refractivity contribution in [3.63, 3.8) is 0 Å². The fraction of sp³-hybridized carbons (Fsp3) is 0.471. The molecular formula is C17H25NO5S. The van der Waals surface area contributed by atoms with Crippen LogP contribution in [0.1, 0.15) is 38.2 Å². The average Bonchev–Trinajstić information content (AvgIpc) is 2.49. The molecule has 0 aliphatic rings. The highest BCUT2D eigenvalue weighted by atomic mass is 32.2.